The Kier molecular flexibility index (Phi) is 9.06. The van der Waals surface area contributed by atoms with Crippen molar-refractivity contribution in [3.05, 3.63) is 29.8 Å². The summed E-state index contributed by atoms with van der Waals surface area (Å²) in [5, 5.41) is 3.05. The van der Waals surface area contributed by atoms with Gasteiger partial charge in [-0.15, -0.1) is 12.4 Å². The summed E-state index contributed by atoms with van der Waals surface area (Å²) in [6, 6.07) is 7.31. The third-order valence-corrected chi connectivity index (χ3v) is 3.38. The van der Waals surface area contributed by atoms with Crippen molar-refractivity contribution in [3.63, 3.8) is 0 Å². The third-order valence-electron chi connectivity index (χ3n) is 3.38. The normalized spacial score (nSPS) is 13.2. The van der Waals surface area contributed by atoms with Crippen LogP contribution in [0.25, 0.3) is 0 Å². The Labute approximate surface area is 133 Å². The first-order valence-corrected chi connectivity index (χ1v) is 7.19. The maximum atomic E-state index is 12.1. The molecule has 21 heavy (non-hydrogen) atoms. The van der Waals surface area contributed by atoms with Crippen LogP contribution in [-0.4, -0.2) is 19.1 Å². The van der Waals surface area contributed by atoms with Crippen LogP contribution < -0.4 is 15.8 Å². The van der Waals surface area contributed by atoms with Gasteiger partial charge in [-0.3, -0.25) is 4.79 Å². The lowest BCUT2D eigenvalue weighted by atomic mass is 9.95. The first kappa shape index (κ1) is 19.7. The van der Waals surface area contributed by atoms with Crippen LogP contribution >= 0.6 is 12.4 Å². The van der Waals surface area contributed by atoms with Crippen LogP contribution in [0.4, 0.5) is 0 Å². The highest BCUT2D eigenvalue weighted by atomic mass is 35.5. The molecular formula is C16H27ClN2O2. The number of amides is 1. The average molecular weight is 315 g/mol. The molecule has 0 aromatic heterocycles. The number of halogens is 1. The van der Waals surface area contributed by atoms with Crippen molar-refractivity contribution in [1.29, 1.82) is 0 Å². The summed E-state index contributed by atoms with van der Waals surface area (Å²) in [7, 11) is 1.64. The highest BCUT2D eigenvalue weighted by molar-refractivity contribution is 5.85. The molecule has 0 fully saturated rings. The van der Waals surface area contributed by atoms with E-state index in [1.165, 1.54) is 0 Å². The summed E-state index contributed by atoms with van der Waals surface area (Å²) < 4.78 is 5.15. The highest BCUT2D eigenvalue weighted by Gasteiger charge is 2.21. The molecule has 2 unspecified atom stereocenters. The molecule has 0 radical (unpaired) electrons. The Morgan fingerprint density at radius 3 is 2.29 bits per heavy atom. The van der Waals surface area contributed by atoms with Gasteiger partial charge in [-0.05, 0) is 30.0 Å². The monoisotopic (exact) mass is 314 g/mol. The Balaban J connectivity index is 0.00000400. The molecule has 4 nitrogen and oxygen atoms in total. The van der Waals surface area contributed by atoms with Gasteiger partial charge in [0.1, 0.15) is 5.75 Å². The minimum absolute atomic E-state index is 0. The van der Waals surface area contributed by atoms with Crippen molar-refractivity contribution >= 4 is 18.3 Å². The van der Waals surface area contributed by atoms with Gasteiger partial charge < -0.3 is 15.8 Å². The van der Waals surface area contributed by atoms with Crippen LogP contribution in [0.5, 0.6) is 5.75 Å². The van der Waals surface area contributed by atoms with Gasteiger partial charge >= 0.3 is 0 Å². The summed E-state index contributed by atoms with van der Waals surface area (Å²) in [6.45, 7) is 6.19. The molecule has 1 aromatic carbocycles. The molecule has 0 saturated carbocycles. The fourth-order valence-electron chi connectivity index (χ4n) is 2.15. The lowest BCUT2D eigenvalue weighted by Crippen LogP contribution is -2.43. The highest BCUT2D eigenvalue weighted by Crippen LogP contribution is 2.24. The lowest BCUT2D eigenvalue weighted by Gasteiger charge is -2.24. The van der Waals surface area contributed by atoms with Gasteiger partial charge in [0.25, 0.3) is 0 Å². The van der Waals surface area contributed by atoms with E-state index in [0.717, 1.165) is 17.7 Å². The maximum absolute atomic E-state index is 12.1. The van der Waals surface area contributed by atoms with E-state index < -0.39 is 6.04 Å². The summed E-state index contributed by atoms with van der Waals surface area (Å²) >= 11 is 0. The minimum atomic E-state index is -0.431. The number of nitrogens with two attached hydrogens (primary N) is 1. The maximum Gasteiger partial charge on any atom is 0.237 e. The van der Waals surface area contributed by atoms with Crippen LogP contribution in [0.1, 0.15) is 45.2 Å². The predicted molar refractivity (Wildman–Crippen MR) is 88.8 cm³/mol. The number of carbonyl (C=O) groups excluding carboxylic acids is 1. The first-order chi connectivity index (χ1) is 9.49. The largest absolute Gasteiger partial charge is 0.497 e. The fraction of sp³-hybridized carbons (Fsp3) is 0.562. The number of rotatable bonds is 7. The molecule has 0 bridgehead atoms. The zero-order chi connectivity index (χ0) is 15.1. The standard InChI is InChI=1S/C16H26N2O2.ClH/c1-5-6-14(17)16(19)18-15(11(2)3)12-7-9-13(20-4)10-8-12;/h7-11,14-15H,5-6,17H2,1-4H3,(H,18,19);1H. The van der Waals surface area contributed by atoms with Gasteiger partial charge in [0.15, 0.2) is 0 Å². The zero-order valence-corrected chi connectivity index (χ0v) is 14.1. The first-order valence-electron chi connectivity index (χ1n) is 7.19. The molecule has 1 aromatic rings. The molecule has 3 N–H and O–H groups in total. The predicted octanol–water partition coefficient (Wildman–Crippen LogP) is 3.06. The van der Waals surface area contributed by atoms with E-state index in [4.69, 9.17) is 10.5 Å². The Morgan fingerprint density at radius 1 is 1.29 bits per heavy atom. The summed E-state index contributed by atoms with van der Waals surface area (Å²) in [5.74, 6) is 1.02. The summed E-state index contributed by atoms with van der Waals surface area (Å²) in [4.78, 5) is 12.1. The Morgan fingerprint density at radius 2 is 1.86 bits per heavy atom. The molecule has 0 aliphatic heterocycles. The topological polar surface area (TPSA) is 64.4 Å². The number of benzene rings is 1. The molecule has 5 heteroatoms. The van der Waals surface area contributed by atoms with Crippen LogP contribution in [0.2, 0.25) is 0 Å². The molecule has 1 rings (SSSR count). The van der Waals surface area contributed by atoms with E-state index in [0.29, 0.717) is 12.3 Å². The number of methoxy groups -OCH3 is 1. The average Bonchev–Trinajstić information content (AvgIpc) is 2.44. The van der Waals surface area contributed by atoms with Gasteiger partial charge in [-0.25, -0.2) is 0 Å². The second kappa shape index (κ2) is 9.64. The molecule has 1 amide bonds. The molecule has 0 aliphatic rings. The van der Waals surface area contributed by atoms with Gasteiger partial charge in [0, 0.05) is 0 Å². The van der Waals surface area contributed by atoms with E-state index in [2.05, 4.69) is 19.2 Å². The number of hydrogen-bond donors (Lipinski definition) is 2. The molecule has 0 saturated heterocycles. The van der Waals surface area contributed by atoms with Crippen LogP contribution in [0.15, 0.2) is 24.3 Å². The Hall–Kier alpha value is -1.26. The van der Waals surface area contributed by atoms with Crippen molar-refractivity contribution < 1.29 is 9.53 Å². The van der Waals surface area contributed by atoms with Gasteiger partial charge in [0.2, 0.25) is 5.91 Å². The quantitative estimate of drug-likeness (QED) is 0.813. The van der Waals surface area contributed by atoms with E-state index in [1.54, 1.807) is 7.11 Å². The van der Waals surface area contributed by atoms with Crippen LogP contribution in [0, 0.1) is 5.92 Å². The number of carbonyl (C=O) groups is 1. The summed E-state index contributed by atoms with van der Waals surface area (Å²) in [5.41, 5.74) is 6.94. The second-order valence-electron chi connectivity index (χ2n) is 5.40. The summed E-state index contributed by atoms with van der Waals surface area (Å²) in [6.07, 6.45) is 1.61. The van der Waals surface area contributed by atoms with E-state index in [-0.39, 0.29) is 24.4 Å². The lowest BCUT2D eigenvalue weighted by molar-refractivity contribution is -0.123. The SMILES string of the molecule is CCCC(N)C(=O)NC(c1ccc(OC)cc1)C(C)C.Cl. The number of ether oxygens (including phenoxy) is 1. The number of hydrogen-bond acceptors (Lipinski definition) is 3. The van der Waals surface area contributed by atoms with Gasteiger partial charge in [0.05, 0.1) is 19.2 Å². The molecule has 120 valence electrons. The second-order valence-corrected chi connectivity index (χ2v) is 5.40. The third kappa shape index (κ3) is 5.94. The zero-order valence-electron chi connectivity index (χ0n) is 13.3. The van der Waals surface area contributed by atoms with Crippen molar-refractivity contribution in [2.24, 2.45) is 11.7 Å². The molecular weight excluding hydrogens is 288 g/mol. The molecule has 0 spiro atoms. The molecule has 0 aliphatic carbocycles. The van der Waals surface area contributed by atoms with E-state index in [9.17, 15) is 4.79 Å². The Bertz CT molecular complexity index is 421. The van der Waals surface area contributed by atoms with Gasteiger partial charge in [-0.1, -0.05) is 39.3 Å². The molecule has 2 atom stereocenters. The minimum Gasteiger partial charge on any atom is -0.497 e. The van der Waals surface area contributed by atoms with Crippen LogP contribution in [0.3, 0.4) is 0 Å². The van der Waals surface area contributed by atoms with E-state index >= 15 is 0 Å². The smallest absolute Gasteiger partial charge is 0.237 e. The van der Waals surface area contributed by atoms with Crippen molar-refractivity contribution in [3.8, 4) is 5.75 Å². The van der Waals surface area contributed by atoms with E-state index in [1.807, 2.05) is 31.2 Å². The molecule has 0 heterocycles. The van der Waals surface area contributed by atoms with Crippen molar-refractivity contribution in [2.75, 3.05) is 7.11 Å². The van der Waals surface area contributed by atoms with Crippen molar-refractivity contribution in [2.45, 2.75) is 45.7 Å². The fourth-order valence-corrected chi connectivity index (χ4v) is 2.15. The van der Waals surface area contributed by atoms with Crippen LogP contribution in [-0.2, 0) is 4.79 Å². The van der Waals surface area contributed by atoms with Gasteiger partial charge in [-0.2, -0.15) is 0 Å². The number of nitrogens with one attached hydrogen (secondary N) is 1. The van der Waals surface area contributed by atoms with Crippen molar-refractivity contribution in [1.82, 2.24) is 5.32 Å².